The van der Waals surface area contributed by atoms with Crippen molar-refractivity contribution in [3.05, 3.63) is 64.5 Å². The highest BCUT2D eigenvalue weighted by atomic mass is 19.1. The smallest absolute Gasteiger partial charge is 0.255 e. The highest BCUT2D eigenvalue weighted by Gasteiger charge is 2.11. The summed E-state index contributed by atoms with van der Waals surface area (Å²) in [6.07, 6.45) is 0. The number of carbonyl (C=O) groups excluding carboxylic acids is 1. The number of carbonyl (C=O) groups is 1. The molecule has 0 saturated carbocycles. The molecule has 0 saturated heterocycles. The van der Waals surface area contributed by atoms with E-state index >= 15 is 0 Å². The molecule has 2 aromatic carbocycles. The predicted octanol–water partition coefficient (Wildman–Crippen LogP) is 4.00. The molecule has 3 heteroatoms. The topological polar surface area (TPSA) is 29.1 Å². The van der Waals surface area contributed by atoms with Gasteiger partial charge in [-0.25, -0.2) is 4.39 Å². The van der Waals surface area contributed by atoms with E-state index in [-0.39, 0.29) is 11.7 Å². The summed E-state index contributed by atoms with van der Waals surface area (Å²) in [5, 5.41) is 2.84. The van der Waals surface area contributed by atoms with E-state index in [9.17, 15) is 9.18 Å². The van der Waals surface area contributed by atoms with E-state index in [4.69, 9.17) is 0 Å². The van der Waals surface area contributed by atoms with Gasteiger partial charge in [0.15, 0.2) is 0 Å². The molecule has 0 heterocycles. The van der Waals surface area contributed by atoms with Gasteiger partial charge >= 0.3 is 0 Å². The molecule has 0 aliphatic heterocycles. The van der Waals surface area contributed by atoms with Crippen molar-refractivity contribution in [2.75, 3.05) is 5.32 Å². The molecular formula is C16H16FNO. The summed E-state index contributed by atoms with van der Waals surface area (Å²) in [6, 6.07) is 10.3. The van der Waals surface area contributed by atoms with Crippen LogP contribution in [-0.4, -0.2) is 5.91 Å². The third-order valence-corrected chi connectivity index (χ3v) is 3.15. The Morgan fingerprint density at radius 2 is 1.63 bits per heavy atom. The Morgan fingerprint density at radius 1 is 1.00 bits per heavy atom. The van der Waals surface area contributed by atoms with Crippen molar-refractivity contribution in [2.24, 2.45) is 0 Å². The molecule has 0 spiro atoms. The van der Waals surface area contributed by atoms with Gasteiger partial charge in [0, 0.05) is 11.3 Å². The van der Waals surface area contributed by atoms with E-state index in [2.05, 4.69) is 5.32 Å². The first-order chi connectivity index (χ1) is 8.99. The van der Waals surface area contributed by atoms with Crippen LogP contribution in [0.3, 0.4) is 0 Å². The molecule has 0 bridgehead atoms. The largest absolute Gasteiger partial charge is 0.322 e. The zero-order chi connectivity index (χ0) is 14.0. The third-order valence-electron chi connectivity index (χ3n) is 3.15. The number of rotatable bonds is 2. The lowest BCUT2D eigenvalue weighted by Gasteiger charge is -2.11. The van der Waals surface area contributed by atoms with E-state index in [0.29, 0.717) is 11.1 Å². The Labute approximate surface area is 112 Å². The highest BCUT2D eigenvalue weighted by molar-refractivity contribution is 6.05. The first kappa shape index (κ1) is 13.3. The first-order valence-corrected chi connectivity index (χ1v) is 6.13. The van der Waals surface area contributed by atoms with Crippen molar-refractivity contribution < 1.29 is 9.18 Å². The standard InChI is InChI=1S/C16H16FNO/c1-10-7-8-13(9-14(10)17)16(19)18-15-11(2)5-4-6-12(15)3/h4-9H,1-3H3,(H,18,19). The van der Waals surface area contributed by atoms with Gasteiger partial charge in [0.2, 0.25) is 0 Å². The SMILES string of the molecule is Cc1ccc(C(=O)Nc2c(C)cccc2C)cc1F. The average Bonchev–Trinajstić information content (AvgIpc) is 2.37. The zero-order valence-electron chi connectivity index (χ0n) is 11.3. The van der Waals surface area contributed by atoms with Crippen molar-refractivity contribution in [3.8, 4) is 0 Å². The maximum atomic E-state index is 13.5. The van der Waals surface area contributed by atoms with Gasteiger partial charge in [-0.2, -0.15) is 0 Å². The number of amides is 1. The fourth-order valence-electron chi connectivity index (χ4n) is 1.93. The average molecular weight is 257 g/mol. The van der Waals surface area contributed by atoms with Crippen LogP contribution in [0.2, 0.25) is 0 Å². The Bertz CT molecular complexity index is 614. The minimum absolute atomic E-state index is 0.295. The minimum Gasteiger partial charge on any atom is -0.322 e. The monoisotopic (exact) mass is 257 g/mol. The minimum atomic E-state index is -0.367. The lowest BCUT2D eigenvalue weighted by Crippen LogP contribution is -2.14. The third kappa shape index (κ3) is 2.81. The number of hydrogen-bond donors (Lipinski definition) is 1. The molecule has 2 nitrogen and oxygen atoms in total. The number of halogens is 1. The second-order valence-electron chi connectivity index (χ2n) is 4.68. The van der Waals surface area contributed by atoms with Crippen LogP contribution in [0.5, 0.6) is 0 Å². The second-order valence-corrected chi connectivity index (χ2v) is 4.68. The number of para-hydroxylation sites is 1. The Kier molecular flexibility index (Phi) is 3.65. The quantitative estimate of drug-likeness (QED) is 0.865. The maximum Gasteiger partial charge on any atom is 0.255 e. The summed E-state index contributed by atoms with van der Waals surface area (Å²) >= 11 is 0. The van der Waals surface area contributed by atoms with Crippen LogP contribution < -0.4 is 5.32 Å². The van der Waals surface area contributed by atoms with Crippen LogP contribution in [0.25, 0.3) is 0 Å². The molecule has 0 atom stereocenters. The molecule has 2 aromatic rings. The number of hydrogen-bond acceptors (Lipinski definition) is 1. The van der Waals surface area contributed by atoms with Crippen LogP contribution in [0, 0.1) is 26.6 Å². The van der Waals surface area contributed by atoms with Gasteiger partial charge in [0.05, 0.1) is 0 Å². The van der Waals surface area contributed by atoms with Gasteiger partial charge in [-0.15, -0.1) is 0 Å². The van der Waals surface area contributed by atoms with Crippen LogP contribution >= 0.6 is 0 Å². The van der Waals surface area contributed by atoms with Crippen LogP contribution in [0.1, 0.15) is 27.0 Å². The Balaban J connectivity index is 2.28. The zero-order valence-corrected chi connectivity index (χ0v) is 11.3. The van der Waals surface area contributed by atoms with E-state index in [1.54, 1.807) is 19.1 Å². The molecule has 0 radical (unpaired) electrons. The Hall–Kier alpha value is -2.16. The molecule has 0 unspecified atom stereocenters. The summed E-state index contributed by atoms with van der Waals surface area (Å²) < 4.78 is 13.5. The van der Waals surface area contributed by atoms with Gasteiger partial charge < -0.3 is 5.32 Å². The molecule has 1 N–H and O–H groups in total. The summed E-state index contributed by atoms with van der Waals surface area (Å²) in [5.41, 5.74) is 3.62. The molecule has 1 amide bonds. The summed E-state index contributed by atoms with van der Waals surface area (Å²) in [5.74, 6) is -0.662. The molecular weight excluding hydrogens is 241 g/mol. The molecule has 0 aliphatic carbocycles. The second kappa shape index (κ2) is 5.22. The van der Waals surface area contributed by atoms with E-state index in [1.807, 2.05) is 32.0 Å². The summed E-state index contributed by atoms with van der Waals surface area (Å²) in [4.78, 5) is 12.1. The van der Waals surface area contributed by atoms with Crippen molar-refractivity contribution in [3.63, 3.8) is 0 Å². The number of anilines is 1. The highest BCUT2D eigenvalue weighted by Crippen LogP contribution is 2.20. The normalized spacial score (nSPS) is 10.3. The maximum absolute atomic E-state index is 13.5. The lowest BCUT2D eigenvalue weighted by molar-refractivity contribution is 0.102. The predicted molar refractivity (Wildman–Crippen MR) is 75.0 cm³/mol. The first-order valence-electron chi connectivity index (χ1n) is 6.13. The number of benzene rings is 2. The lowest BCUT2D eigenvalue weighted by atomic mass is 10.1. The molecule has 2 rings (SSSR count). The number of aryl methyl sites for hydroxylation is 3. The van der Waals surface area contributed by atoms with Gasteiger partial charge in [0.1, 0.15) is 5.82 Å². The van der Waals surface area contributed by atoms with E-state index in [1.165, 1.54) is 6.07 Å². The molecule has 98 valence electrons. The van der Waals surface area contributed by atoms with Gasteiger partial charge in [-0.1, -0.05) is 24.3 Å². The van der Waals surface area contributed by atoms with Gasteiger partial charge in [-0.05, 0) is 49.6 Å². The van der Waals surface area contributed by atoms with Gasteiger partial charge in [0.25, 0.3) is 5.91 Å². The summed E-state index contributed by atoms with van der Waals surface area (Å²) in [6.45, 7) is 5.53. The van der Waals surface area contributed by atoms with Crippen molar-refractivity contribution in [1.29, 1.82) is 0 Å². The van der Waals surface area contributed by atoms with Crippen LogP contribution in [0.4, 0.5) is 10.1 Å². The summed E-state index contributed by atoms with van der Waals surface area (Å²) in [7, 11) is 0. The van der Waals surface area contributed by atoms with Crippen LogP contribution in [-0.2, 0) is 0 Å². The molecule has 0 fully saturated rings. The van der Waals surface area contributed by atoms with E-state index < -0.39 is 0 Å². The van der Waals surface area contributed by atoms with E-state index in [0.717, 1.165) is 16.8 Å². The molecule has 0 aromatic heterocycles. The van der Waals surface area contributed by atoms with Crippen molar-refractivity contribution >= 4 is 11.6 Å². The Morgan fingerprint density at radius 3 is 2.21 bits per heavy atom. The van der Waals surface area contributed by atoms with Gasteiger partial charge in [-0.3, -0.25) is 4.79 Å². The van der Waals surface area contributed by atoms with Crippen molar-refractivity contribution in [2.45, 2.75) is 20.8 Å². The van der Waals surface area contributed by atoms with Crippen LogP contribution in [0.15, 0.2) is 36.4 Å². The fourth-order valence-corrected chi connectivity index (χ4v) is 1.93. The molecule has 19 heavy (non-hydrogen) atoms. The fraction of sp³-hybridized carbons (Fsp3) is 0.188. The number of nitrogens with one attached hydrogen (secondary N) is 1. The van der Waals surface area contributed by atoms with Crippen molar-refractivity contribution in [1.82, 2.24) is 0 Å². The molecule has 0 aliphatic rings.